The molecule has 1 amide bonds. The van der Waals surface area contributed by atoms with Crippen LogP contribution in [0.2, 0.25) is 5.15 Å². The molecule has 0 radical (unpaired) electrons. The van der Waals surface area contributed by atoms with Crippen molar-refractivity contribution in [2.24, 2.45) is 5.92 Å². The van der Waals surface area contributed by atoms with Crippen molar-refractivity contribution >= 4 is 23.3 Å². The number of hydrogen-bond donors (Lipinski definition) is 1. The fraction of sp³-hybridized carbons (Fsp3) is 0.545. The van der Waals surface area contributed by atoms with Gasteiger partial charge in [0.1, 0.15) is 11.0 Å². The van der Waals surface area contributed by atoms with E-state index in [-0.39, 0.29) is 17.9 Å². The Morgan fingerprint density at radius 2 is 2.35 bits per heavy atom. The number of hydrogen-bond acceptors (Lipinski definition) is 4. The summed E-state index contributed by atoms with van der Waals surface area (Å²) in [5.74, 6) is 1.02. The Labute approximate surface area is 104 Å². The highest BCUT2D eigenvalue weighted by Gasteiger charge is 2.41. The molecule has 90 valence electrons. The van der Waals surface area contributed by atoms with Crippen LogP contribution in [0.15, 0.2) is 12.4 Å². The van der Waals surface area contributed by atoms with Crippen LogP contribution in [-0.4, -0.2) is 35.0 Å². The lowest BCUT2D eigenvalue weighted by atomic mass is 9.91. The third-order valence-corrected chi connectivity index (χ3v) is 3.67. The first kappa shape index (κ1) is 10.8. The fourth-order valence-electron chi connectivity index (χ4n) is 2.71. The zero-order valence-electron chi connectivity index (χ0n) is 9.27. The molecule has 1 aromatic rings. The number of halogens is 1. The zero-order valence-corrected chi connectivity index (χ0v) is 10.0. The molecule has 3 rings (SSSR count). The highest BCUT2D eigenvalue weighted by molar-refractivity contribution is 6.29. The Morgan fingerprint density at radius 3 is 3.18 bits per heavy atom. The Kier molecular flexibility index (Phi) is 2.63. The maximum Gasteiger partial charge on any atom is 0.225 e. The van der Waals surface area contributed by atoms with Gasteiger partial charge < -0.3 is 10.2 Å². The van der Waals surface area contributed by atoms with Crippen LogP contribution in [0.25, 0.3) is 0 Å². The maximum absolute atomic E-state index is 11.7. The number of nitrogens with zero attached hydrogens (tertiary/aromatic N) is 3. The summed E-state index contributed by atoms with van der Waals surface area (Å²) >= 11 is 5.85. The van der Waals surface area contributed by atoms with E-state index in [1.807, 2.05) is 0 Å². The van der Waals surface area contributed by atoms with Gasteiger partial charge >= 0.3 is 0 Å². The standard InChI is InChI=1S/C11H13ClN4O/c12-9-5-13-6-10(15-9)16-3-1-2-7-8(16)4-14-11(7)17/h5-8H,1-4H2,(H,14,17). The molecule has 0 spiro atoms. The number of anilines is 1. The molecule has 3 heterocycles. The van der Waals surface area contributed by atoms with Gasteiger partial charge in [-0.2, -0.15) is 0 Å². The van der Waals surface area contributed by atoms with Gasteiger partial charge in [-0.15, -0.1) is 0 Å². The molecule has 6 heteroatoms. The van der Waals surface area contributed by atoms with Crippen LogP contribution in [-0.2, 0) is 4.79 Å². The molecular formula is C11H13ClN4O. The molecule has 2 saturated heterocycles. The van der Waals surface area contributed by atoms with E-state index in [0.717, 1.165) is 25.2 Å². The first-order valence-corrected chi connectivity index (χ1v) is 6.15. The number of aromatic nitrogens is 2. The van der Waals surface area contributed by atoms with Crippen LogP contribution in [0.3, 0.4) is 0 Å². The number of nitrogens with one attached hydrogen (secondary N) is 1. The van der Waals surface area contributed by atoms with E-state index in [0.29, 0.717) is 11.7 Å². The summed E-state index contributed by atoms with van der Waals surface area (Å²) in [7, 11) is 0. The molecule has 2 atom stereocenters. The van der Waals surface area contributed by atoms with Gasteiger partial charge in [-0.05, 0) is 12.8 Å². The van der Waals surface area contributed by atoms with Gasteiger partial charge in [-0.1, -0.05) is 11.6 Å². The van der Waals surface area contributed by atoms with Crippen LogP contribution >= 0.6 is 11.6 Å². The highest BCUT2D eigenvalue weighted by Crippen LogP contribution is 2.30. The van der Waals surface area contributed by atoms with Crippen LogP contribution < -0.4 is 10.2 Å². The van der Waals surface area contributed by atoms with Crippen LogP contribution in [0.4, 0.5) is 5.82 Å². The molecule has 2 aliphatic rings. The molecular weight excluding hydrogens is 240 g/mol. The summed E-state index contributed by atoms with van der Waals surface area (Å²) < 4.78 is 0. The lowest BCUT2D eigenvalue weighted by molar-refractivity contribution is -0.122. The minimum atomic E-state index is 0.0875. The monoisotopic (exact) mass is 252 g/mol. The number of carbonyl (C=O) groups excluding carboxylic acids is 1. The predicted octanol–water partition coefficient (Wildman–Crippen LogP) is 0.845. The summed E-state index contributed by atoms with van der Waals surface area (Å²) in [6.07, 6.45) is 5.19. The van der Waals surface area contributed by atoms with Crippen molar-refractivity contribution in [2.45, 2.75) is 18.9 Å². The highest BCUT2D eigenvalue weighted by atomic mass is 35.5. The summed E-state index contributed by atoms with van der Waals surface area (Å²) in [5.41, 5.74) is 0. The topological polar surface area (TPSA) is 58.1 Å². The van der Waals surface area contributed by atoms with Crippen molar-refractivity contribution in [3.05, 3.63) is 17.5 Å². The quantitative estimate of drug-likeness (QED) is 0.805. The van der Waals surface area contributed by atoms with Gasteiger partial charge in [0.2, 0.25) is 5.91 Å². The normalized spacial score (nSPS) is 27.8. The minimum Gasteiger partial charge on any atom is -0.354 e. The number of carbonyl (C=O) groups is 1. The number of amides is 1. The Hall–Kier alpha value is -1.36. The molecule has 0 aliphatic carbocycles. The molecule has 2 fully saturated rings. The second-order valence-corrected chi connectivity index (χ2v) is 4.84. The molecule has 1 aromatic heterocycles. The van der Waals surface area contributed by atoms with E-state index in [9.17, 15) is 4.79 Å². The fourth-order valence-corrected chi connectivity index (χ4v) is 2.85. The van der Waals surface area contributed by atoms with E-state index >= 15 is 0 Å². The smallest absolute Gasteiger partial charge is 0.225 e. The summed E-state index contributed by atoms with van der Waals surface area (Å²) in [6, 6.07) is 0.198. The average molecular weight is 253 g/mol. The third kappa shape index (κ3) is 1.84. The van der Waals surface area contributed by atoms with Crippen LogP contribution in [0.5, 0.6) is 0 Å². The second kappa shape index (κ2) is 4.14. The van der Waals surface area contributed by atoms with Gasteiger partial charge in [0.05, 0.1) is 24.4 Å². The van der Waals surface area contributed by atoms with E-state index in [2.05, 4.69) is 20.2 Å². The van der Waals surface area contributed by atoms with Gasteiger partial charge in [-0.3, -0.25) is 9.78 Å². The van der Waals surface area contributed by atoms with Crippen molar-refractivity contribution in [3.8, 4) is 0 Å². The number of fused-ring (bicyclic) bond motifs is 1. The Morgan fingerprint density at radius 1 is 1.47 bits per heavy atom. The molecule has 0 bridgehead atoms. The summed E-state index contributed by atoms with van der Waals surface area (Å²) in [6.45, 7) is 1.60. The molecule has 17 heavy (non-hydrogen) atoms. The van der Waals surface area contributed by atoms with Crippen LogP contribution in [0, 0.1) is 5.92 Å². The molecule has 2 unspecified atom stereocenters. The first-order valence-electron chi connectivity index (χ1n) is 5.77. The largest absolute Gasteiger partial charge is 0.354 e. The number of rotatable bonds is 1. The lowest BCUT2D eigenvalue weighted by Crippen LogP contribution is -2.46. The first-order chi connectivity index (χ1) is 8.25. The average Bonchev–Trinajstić information content (AvgIpc) is 2.71. The van der Waals surface area contributed by atoms with E-state index < -0.39 is 0 Å². The zero-order chi connectivity index (χ0) is 11.8. The molecule has 2 aliphatic heterocycles. The second-order valence-electron chi connectivity index (χ2n) is 4.45. The van der Waals surface area contributed by atoms with Gasteiger partial charge in [-0.25, -0.2) is 4.98 Å². The molecule has 0 aromatic carbocycles. The molecule has 0 saturated carbocycles. The van der Waals surface area contributed by atoms with E-state index in [4.69, 9.17) is 11.6 Å². The lowest BCUT2D eigenvalue weighted by Gasteiger charge is -2.36. The van der Waals surface area contributed by atoms with Crippen molar-refractivity contribution in [1.29, 1.82) is 0 Å². The van der Waals surface area contributed by atoms with Gasteiger partial charge in [0.25, 0.3) is 0 Å². The summed E-state index contributed by atoms with van der Waals surface area (Å²) in [5, 5.41) is 3.30. The van der Waals surface area contributed by atoms with Gasteiger partial charge in [0.15, 0.2) is 0 Å². The van der Waals surface area contributed by atoms with E-state index in [1.165, 1.54) is 6.20 Å². The Balaban J connectivity index is 1.90. The SMILES string of the molecule is O=C1NCC2C1CCCN2c1cncc(Cl)n1. The maximum atomic E-state index is 11.7. The van der Waals surface area contributed by atoms with Crippen molar-refractivity contribution in [2.75, 3.05) is 18.0 Å². The summed E-state index contributed by atoms with van der Waals surface area (Å²) in [4.78, 5) is 22.1. The van der Waals surface area contributed by atoms with Crippen molar-refractivity contribution < 1.29 is 4.79 Å². The van der Waals surface area contributed by atoms with Crippen LogP contribution in [0.1, 0.15) is 12.8 Å². The molecule has 1 N–H and O–H groups in total. The van der Waals surface area contributed by atoms with E-state index in [1.54, 1.807) is 6.20 Å². The minimum absolute atomic E-state index is 0.0875. The van der Waals surface area contributed by atoms with Crippen molar-refractivity contribution in [1.82, 2.24) is 15.3 Å². The Bertz CT molecular complexity index is 453. The third-order valence-electron chi connectivity index (χ3n) is 3.49. The van der Waals surface area contributed by atoms with Gasteiger partial charge in [0, 0.05) is 13.1 Å². The predicted molar refractivity (Wildman–Crippen MR) is 63.9 cm³/mol. The molecule has 5 nitrogen and oxygen atoms in total. The number of piperidine rings is 1. The van der Waals surface area contributed by atoms with Crippen molar-refractivity contribution in [3.63, 3.8) is 0 Å².